The highest BCUT2D eigenvalue weighted by molar-refractivity contribution is 7.23. The molecule has 268 valence electrons. The molecule has 8 rings (SSSR count). The van der Waals surface area contributed by atoms with E-state index in [1.54, 1.807) is 4.68 Å². The number of benzene rings is 2. The zero-order valence-electron chi connectivity index (χ0n) is 27.2. The van der Waals surface area contributed by atoms with Crippen LogP contribution in [0.15, 0.2) is 30.1 Å². The Balaban J connectivity index is 1.30. The zero-order valence-corrected chi connectivity index (χ0v) is 29.5. The van der Waals surface area contributed by atoms with Crippen LogP contribution in [-0.4, -0.2) is 67.6 Å². The predicted molar refractivity (Wildman–Crippen MR) is 192 cm³/mol. The molecular weight excluding hydrogens is 742 g/mol. The van der Waals surface area contributed by atoms with Gasteiger partial charge in [0.1, 0.15) is 39.9 Å². The molecular formula is C34H28Cl2F3N9O3S. The maximum absolute atomic E-state index is 17.2. The van der Waals surface area contributed by atoms with E-state index in [1.807, 2.05) is 11.0 Å². The number of anilines is 3. The Bertz CT molecular complexity index is 2400. The number of nitrogens with zero attached hydrogens (tertiary/aromatic N) is 7. The molecule has 6 heterocycles. The van der Waals surface area contributed by atoms with Gasteiger partial charge in [-0.3, -0.25) is 14.9 Å². The third-order valence-corrected chi connectivity index (χ3v) is 11.8. The number of ether oxygens (including phenoxy) is 1. The fourth-order valence-electron chi connectivity index (χ4n) is 7.72. The van der Waals surface area contributed by atoms with Gasteiger partial charge in [0.2, 0.25) is 0 Å². The quantitative estimate of drug-likeness (QED) is 0.156. The van der Waals surface area contributed by atoms with Gasteiger partial charge in [0.25, 0.3) is 0 Å². The summed E-state index contributed by atoms with van der Waals surface area (Å²) in [5.41, 5.74) is 6.43. The monoisotopic (exact) mass is 769 g/mol. The van der Waals surface area contributed by atoms with E-state index in [2.05, 4.69) is 20.3 Å². The summed E-state index contributed by atoms with van der Waals surface area (Å²) in [6, 6.07) is 5.70. The normalized spacial score (nSPS) is 19.6. The molecule has 0 aliphatic carbocycles. The molecule has 1 amide bonds. The number of aromatic nitrogens is 4. The zero-order chi connectivity index (χ0) is 36.5. The first kappa shape index (κ1) is 34.3. The number of nitrogens with one attached hydrogen (secondary N) is 1. The molecule has 1 unspecified atom stereocenters. The van der Waals surface area contributed by atoms with Crippen LogP contribution in [0, 0.1) is 23.0 Å². The average molecular weight is 771 g/mol. The fourth-order valence-corrected chi connectivity index (χ4v) is 9.28. The molecule has 2 saturated heterocycles. The van der Waals surface area contributed by atoms with Crippen LogP contribution in [-0.2, 0) is 13.1 Å². The van der Waals surface area contributed by atoms with Crippen molar-refractivity contribution in [2.75, 3.05) is 42.2 Å². The lowest BCUT2D eigenvalue weighted by atomic mass is 9.94. The second kappa shape index (κ2) is 13.0. The van der Waals surface area contributed by atoms with Crippen LogP contribution in [0.1, 0.15) is 36.9 Å². The predicted octanol–water partition coefficient (Wildman–Crippen LogP) is 7.72. The van der Waals surface area contributed by atoms with Crippen molar-refractivity contribution in [2.45, 2.75) is 44.3 Å². The highest BCUT2D eigenvalue weighted by Crippen LogP contribution is 2.47. The van der Waals surface area contributed by atoms with Gasteiger partial charge in [-0.25, -0.2) is 18.0 Å². The number of thiophene rings is 1. The maximum Gasteiger partial charge on any atom is 0.409 e. The summed E-state index contributed by atoms with van der Waals surface area (Å²) in [5.74, 6) is -1.13. The van der Waals surface area contributed by atoms with Gasteiger partial charge >= 0.3 is 12.1 Å². The number of carbonyl (C=O) groups is 1. The summed E-state index contributed by atoms with van der Waals surface area (Å²) in [6.07, 6.45) is 1.98. The van der Waals surface area contributed by atoms with Crippen molar-refractivity contribution in [2.24, 2.45) is 0 Å². The number of rotatable bonds is 6. The third-order valence-electron chi connectivity index (χ3n) is 10.0. The van der Waals surface area contributed by atoms with E-state index in [-0.39, 0.29) is 72.7 Å². The second-order valence-corrected chi connectivity index (χ2v) is 14.9. The molecule has 3 aliphatic rings. The highest BCUT2D eigenvalue weighted by Gasteiger charge is 2.47. The molecule has 5 aromatic rings. The number of amides is 1. The van der Waals surface area contributed by atoms with E-state index in [0.29, 0.717) is 72.3 Å². The van der Waals surface area contributed by atoms with E-state index >= 15 is 8.78 Å². The van der Waals surface area contributed by atoms with Gasteiger partial charge in [0.05, 0.1) is 39.4 Å². The molecule has 0 radical (unpaired) electrons. The molecule has 4 N–H and O–H groups in total. The molecule has 0 spiro atoms. The van der Waals surface area contributed by atoms with E-state index in [4.69, 9.17) is 38.7 Å². The summed E-state index contributed by atoms with van der Waals surface area (Å²) < 4.78 is 53.9. The lowest BCUT2D eigenvalue weighted by molar-refractivity contribution is 0.108. The van der Waals surface area contributed by atoms with Crippen LogP contribution < -0.4 is 20.7 Å². The number of halogens is 5. The maximum atomic E-state index is 17.2. The van der Waals surface area contributed by atoms with Gasteiger partial charge in [0, 0.05) is 36.0 Å². The van der Waals surface area contributed by atoms with Gasteiger partial charge < -0.3 is 20.5 Å². The molecule has 1 atom stereocenters. The molecule has 52 heavy (non-hydrogen) atoms. The van der Waals surface area contributed by atoms with Crippen LogP contribution in [0.3, 0.4) is 0 Å². The minimum absolute atomic E-state index is 0.00598. The van der Waals surface area contributed by atoms with Crippen LogP contribution in [0.25, 0.3) is 32.1 Å². The first-order chi connectivity index (χ1) is 25.0. The van der Waals surface area contributed by atoms with E-state index in [9.17, 15) is 19.6 Å². The van der Waals surface area contributed by atoms with Crippen molar-refractivity contribution in [1.29, 1.82) is 5.26 Å². The van der Waals surface area contributed by atoms with Gasteiger partial charge in [-0.1, -0.05) is 29.3 Å². The standard InChI is InChI=1S/C34H28Cl2F3N9O3S/c35-20-9-18-27(26(39)24(20)17-3-4-21(38)28-23(17)19(12-40)31(52-28)44-33(49)50)42-32(51-15-34-5-1-7-47(34)13-16(10-34)11-37)43-30(18)46-6-2-8-48-22(14-46)25(36)29(41)45-48/h3-4,9,11,44H,1-2,5-8,10,13-15H2,(H2,41,45)(H,49,50)/b16-11-. The van der Waals surface area contributed by atoms with Gasteiger partial charge in [0.15, 0.2) is 11.6 Å². The lowest BCUT2D eigenvalue weighted by Crippen LogP contribution is -2.43. The van der Waals surface area contributed by atoms with E-state index in [0.717, 1.165) is 25.5 Å². The van der Waals surface area contributed by atoms with Crippen LogP contribution >= 0.6 is 34.5 Å². The first-order valence-corrected chi connectivity index (χ1v) is 17.9. The Morgan fingerprint density at radius 2 is 2.04 bits per heavy atom. The number of fused-ring (bicyclic) bond motifs is 4. The Morgan fingerprint density at radius 3 is 2.81 bits per heavy atom. The molecule has 2 fully saturated rings. The summed E-state index contributed by atoms with van der Waals surface area (Å²) in [7, 11) is 0. The number of nitrogens with two attached hydrogens (primary N) is 1. The molecule has 2 aromatic carbocycles. The summed E-state index contributed by atoms with van der Waals surface area (Å²) in [5, 5.41) is 26.2. The highest BCUT2D eigenvalue weighted by atomic mass is 35.5. The second-order valence-electron chi connectivity index (χ2n) is 13.0. The molecule has 18 heteroatoms. The van der Waals surface area contributed by atoms with Crippen molar-refractivity contribution < 1.29 is 27.8 Å². The Morgan fingerprint density at radius 1 is 1.21 bits per heavy atom. The minimum atomic E-state index is -1.45. The average Bonchev–Trinajstić information content (AvgIpc) is 3.81. The Kier molecular flexibility index (Phi) is 8.56. The molecule has 0 bridgehead atoms. The third kappa shape index (κ3) is 5.54. The smallest absolute Gasteiger partial charge is 0.409 e. The molecule has 0 saturated carbocycles. The summed E-state index contributed by atoms with van der Waals surface area (Å²) in [6.45, 7) is 2.62. The molecule has 3 aliphatic heterocycles. The Hall–Kier alpha value is -4.82. The van der Waals surface area contributed by atoms with Crippen molar-refractivity contribution in [1.82, 2.24) is 24.6 Å². The largest absolute Gasteiger partial charge is 0.465 e. The fraction of sp³-hybridized carbons (Fsp3) is 0.324. The summed E-state index contributed by atoms with van der Waals surface area (Å²) in [4.78, 5) is 24.9. The van der Waals surface area contributed by atoms with Crippen molar-refractivity contribution >= 4 is 78.3 Å². The number of hydrogen-bond acceptors (Lipinski definition) is 10. The number of nitrogen functional groups attached to an aromatic ring is 1. The van der Waals surface area contributed by atoms with Gasteiger partial charge in [-0.05, 0) is 55.5 Å². The van der Waals surface area contributed by atoms with Gasteiger partial charge in [-0.15, -0.1) is 11.3 Å². The van der Waals surface area contributed by atoms with Crippen LogP contribution in [0.4, 0.5) is 34.6 Å². The SMILES string of the molecule is N#Cc1c(NC(=O)O)sc2c(F)ccc(-c3c(Cl)cc4c(N5CCCn6nc(N)c(Cl)c6C5)nc(OCC56CCCN5C/C(=C\F)C6)nc4c3F)c12. The minimum Gasteiger partial charge on any atom is -0.465 e. The van der Waals surface area contributed by atoms with Gasteiger partial charge in [-0.2, -0.15) is 20.3 Å². The van der Waals surface area contributed by atoms with Crippen molar-refractivity contribution in [3.05, 3.63) is 63.0 Å². The number of hydrogen-bond donors (Lipinski definition) is 3. The van der Waals surface area contributed by atoms with Crippen LogP contribution in [0.5, 0.6) is 6.01 Å². The van der Waals surface area contributed by atoms with E-state index in [1.165, 1.54) is 12.1 Å². The van der Waals surface area contributed by atoms with E-state index < -0.39 is 23.3 Å². The Labute approximate surface area is 307 Å². The molecule has 12 nitrogen and oxygen atoms in total. The topological polar surface area (TPSA) is 158 Å². The number of nitriles is 1. The number of aryl methyl sites for hydroxylation is 1. The van der Waals surface area contributed by atoms with Crippen molar-refractivity contribution in [3.63, 3.8) is 0 Å². The first-order valence-electron chi connectivity index (χ1n) is 16.3. The summed E-state index contributed by atoms with van der Waals surface area (Å²) >= 11 is 14.1. The van der Waals surface area contributed by atoms with Crippen molar-refractivity contribution in [3.8, 4) is 23.2 Å². The van der Waals surface area contributed by atoms with Crippen LogP contribution in [0.2, 0.25) is 10.0 Å². The molecule has 3 aromatic heterocycles. The number of carboxylic acid groups (broad SMARTS) is 1. The lowest BCUT2D eigenvalue weighted by Gasteiger charge is -2.31.